The third kappa shape index (κ3) is 10.1. The van der Waals surface area contributed by atoms with E-state index in [1.54, 1.807) is 12.1 Å². The molecule has 0 atom stereocenters. The van der Waals surface area contributed by atoms with Crippen molar-refractivity contribution >= 4 is 56.3 Å². The fraction of sp³-hybridized carbons (Fsp3) is 0.273. The lowest BCUT2D eigenvalue weighted by atomic mass is 10.0. The molecule has 296 valence electrons. The van der Waals surface area contributed by atoms with Gasteiger partial charge in [0, 0.05) is 46.6 Å². The van der Waals surface area contributed by atoms with Crippen LogP contribution in [0.5, 0.6) is 0 Å². The Morgan fingerprint density at radius 1 is 0.719 bits per heavy atom. The van der Waals surface area contributed by atoms with Gasteiger partial charge in [-0.25, -0.2) is 18.4 Å². The number of rotatable bonds is 9. The van der Waals surface area contributed by atoms with E-state index in [2.05, 4.69) is 28.3 Å². The predicted octanol–water partition coefficient (Wildman–Crippen LogP) is 11.6. The van der Waals surface area contributed by atoms with Crippen LogP contribution in [-0.2, 0) is 22.6 Å². The molecule has 0 saturated heterocycles. The minimum Gasteiger partial charge on any atom is -0.454 e. The van der Waals surface area contributed by atoms with Crippen molar-refractivity contribution in [2.24, 2.45) is 0 Å². The Morgan fingerprint density at radius 2 is 1.19 bits per heavy atom. The first kappa shape index (κ1) is 43.4. The minimum absolute atomic E-state index is 0.0402. The van der Waals surface area contributed by atoms with Gasteiger partial charge in [-0.05, 0) is 88.1 Å². The van der Waals surface area contributed by atoms with Gasteiger partial charge in [-0.2, -0.15) is 10.5 Å². The summed E-state index contributed by atoms with van der Waals surface area (Å²) < 4.78 is 41.8. The standard InChI is InChI=1S/C22H22FN3O2.C18H16FN3.C4H7ClO2/c1-4-10-28-22(27)25-19-9-7-15(12-18(19)23)21-17(13-24)16-8-6-14(3)11-20(16)26(21)5-2;1-3-22-17-8-11(2)4-6-13(17)14(10-20)18(22)12-5-7-16(21)15(19)9-12;1-2-3-7-4(5)6/h6-9,11-12H,4-5,10H2,1-3H3,(H,25,27);4-9H,3,21H2,1-2H3;2-3H2,1H3. The molecule has 0 spiro atoms. The number of fused-ring (bicyclic) bond motifs is 2. The van der Waals surface area contributed by atoms with E-state index in [0.717, 1.165) is 45.0 Å². The number of halogens is 3. The SMILES string of the molecule is CCCOC(=O)Cl.CCCOC(=O)Nc1ccc(-c2c(C#N)c3ccc(C)cc3n2CC)cc1F.CCn1c(-c2ccc(N)c(F)c2)c(C#N)c2ccc(C)cc21. The van der Waals surface area contributed by atoms with Gasteiger partial charge >= 0.3 is 11.5 Å². The fourth-order valence-electron chi connectivity index (χ4n) is 6.36. The zero-order valence-electron chi connectivity index (χ0n) is 32.8. The number of amides is 1. The van der Waals surface area contributed by atoms with Crippen molar-refractivity contribution in [3.05, 3.63) is 107 Å². The number of hydrogen-bond donors (Lipinski definition) is 2. The van der Waals surface area contributed by atoms with Crippen LogP contribution >= 0.6 is 11.6 Å². The van der Waals surface area contributed by atoms with E-state index >= 15 is 0 Å². The van der Waals surface area contributed by atoms with Crippen LogP contribution in [0.3, 0.4) is 0 Å². The van der Waals surface area contributed by atoms with Gasteiger partial charge in [-0.15, -0.1) is 0 Å². The summed E-state index contributed by atoms with van der Waals surface area (Å²) in [4.78, 5) is 21.4. The summed E-state index contributed by atoms with van der Waals surface area (Å²) in [5, 5.41) is 23.5. The Balaban J connectivity index is 0.000000221. The quantitative estimate of drug-likeness (QED) is 0.109. The largest absolute Gasteiger partial charge is 0.454 e. The molecule has 0 aliphatic heterocycles. The van der Waals surface area contributed by atoms with E-state index in [1.165, 1.54) is 24.3 Å². The van der Waals surface area contributed by atoms with Gasteiger partial charge in [0.05, 0.1) is 58.1 Å². The third-order valence-corrected chi connectivity index (χ3v) is 9.02. The van der Waals surface area contributed by atoms with Gasteiger partial charge in [0.1, 0.15) is 23.8 Å². The van der Waals surface area contributed by atoms with Crippen LogP contribution in [0.1, 0.15) is 62.8 Å². The van der Waals surface area contributed by atoms with Crippen molar-refractivity contribution in [1.82, 2.24) is 9.13 Å². The molecule has 1 amide bonds. The van der Waals surface area contributed by atoms with Gasteiger partial charge in [-0.1, -0.05) is 50.2 Å². The van der Waals surface area contributed by atoms with Crippen LogP contribution in [0.2, 0.25) is 0 Å². The Bertz CT molecular complexity index is 2500. The van der Waals surface area contributed by atoms with Gasteiger partial charge in [-0.3, -0.25) is 5.32 Å². The lowest BCUT2D eigenvalue weighted by Crippen LogP contribution is -2.15. The van der Waals surface area contributed by atoms with Crippen LogP contribution in [0, 0.1) is 48.1 Å². The van der Waals surface area contributed by atoms with Crippen molar-refractivity contribution in [3.63, 3.8) is 0 Å². The molecule has 57 heavy (non-hydrogen) atoms. The third-order valence-electron chi connectivity index (χ3n) is 8.91. The highest BCUT2D eigenvalue weighted by Gasteiger charge is 2.21. The summed E-state index contributed by atoms with van der Waals surface area (Å²) in [7, 11) is 0. The number of aryl methyl sites for hydroxylation is 4. The highest BCUT2D eigenvalue weighted by molar-refractivity contribution is 6.61. The van der Waals surface area contributed by atoms with Gasteiger partial charge in [0.15, 0.2) is 0 Å². The zero-order chi connectivity index (χ0) is 41.8. The van der Waals surface area contributed by atoms with Crippen LogP contribution < -0.4 is 11.1 Å². The molecule has 2 heterocycles. The number of benzene rings is 4. The molecule has 3 N–H and O–H groups in total. The van der Waals surface area contributed by atoms with Crippen molar-refractivity contribution in [2.45, 2.75) is 67.5 Å². The Kier molecular flexibility index (Phi) is 15.2. The van der Waals surface area contributed by atoms with E-state index in [4.69, 9.17) is 22.1 Å². The Morgan fingerprint density at radius 3 is 1.60 bits per heavy atom. The first-order chi connectivity index (χ1) is 27.3. The van der Waals surface area contributed by atoms with Crippen molar-refractivity contribution in [2.75, 3.05) is 24.3 Å². The molecule has 6 rings (SSSR count). The van der Waals surface area contributed by atoms with Crippen molar-refractivity contribution < 1.29 is 27.8 Å². The van der Waals surface area contributed by atoms with Crippen LogP contribution in [0.15, 0.2) is 72.8 Å². The van der Waals surface area contributed by atoms with Gasteiger partial charge in [0.2, 0.25) is 0 Å². The molecule has 6 aromatic rings. The molecule has 0 aliphatic carbocycles. The number of hydrogen-bond acceptors (Lipinski definition) is 7. The summed E-state index contributed by atoms with van der Waals surface area (Å²) in [6.45, 7) is 13.8. The molecular formula is C44H45ClF2N6O4. The second-order valence-corrected chi connectivity index (χ2v) is 13.3. The molecular weight excluding hydrogens is 750 g/mol. The van der Waals surface area contributed by atoms with E-state index in [0.29, 0.717) is 54.1 Å². The number of ether oxygens (including phenoxy) is 2. The van der Waals surface area contributed by atoms with Crippen LogP contribution in [0.25, 0.3) is 44.3 Å². The highest BCUT2D eigenvalue weighted by Crippen LogP contribution is 2.36. The number of nitrogens with one attached hydrogen (secondary N) is 1. The maximum atomic E-state index is 14.6. The highest BCUT2D eigenvalue weighted by atomic mass is 35.5. The van der Waals surface area contributed by atoms with E-state index in [1.807, 2.05) is 81.0 Å². The molecule has 4 aromatic carbocycles. The topological polar surface area (TPSA) is 148 Å². The number of nitrogens with two attached hydrogens (primary N) is 1. The first-order valence-corrected chi connectivity index (χ1v) is 18.9. The smallest absolute Gasteiger partial charge is 0.411 e. The number of carbonyl (C=O) groups excluding carboxylic acids is 2. The number of nitrogens with zero attached hydrogens (tertiary/aromatic N) is 4. The summed E-state index contributed by atoms with van der Waals surface area (Å²) in [6.07, 6.45) is 0.815. The van der Waals surface area contributed by atoms with E-state index in [9.17, 15) is 28.9 Å². The molecule has 0 fully saturated rings. The Labute approximate surface area is 336 Å². The second kappa shape index (κ2) is 20.0. The molecule has 2 aromatic heterocycles. The zero-order valence-corrected chi connectivity index (χ0v) is 33.6. The maximum absolute atomic E-state index is 14.6. The number of nitrogen functional groups attached to an aromatic ring is 1. The lowest BCUT2D eigenvalue weighted by Gasteiger charge is -2.11. The normalized spacial score (nSPS) is 10.4. The maximum Gasteiger partial charge on any atom is 0.411 e. The molecule has 0 unspecified atom stereocenters. The first-order valence-electron chi connectivity index (χ1n) is 18.5. The average Bonchev–Trinajstić information content (AvgIpc) is 3.69. The van der Waals surface area contributed by atoms with Crippen molar-refractivity contribution in [3.8, 4) is 34.7 Å². The summed E-state index contributed by atoms with van der Waals surface area (Å²) in [5.74, 6) is -1.05. The number of anilines is 2. The molecule has 0 aliphatic rings. The molecule has 10 nitrogen and oxygen atoms in total. The van der Waals surface area contributed by atoms with Gasteiger partial charge < -0.3 is 24.3 Å². The average molecular weight is 795 g/mol. The van der Waals surface area contributed by atoms with Gasteiger partial charge in [0.25, 0.3) is 0 Å². The molecule has 0 bridgehead atoms. The number of nitriles is 2. The molecule has 0 radical (unpaired) electrons. The summed E-state index contributed by atoms with van der Waals surface area (Å²) in [5.41, 5.74) is 12.9. The van der Waals surface area contributed by atoms with Crippen LogP contribution in [-0.4, -0.2) is 33.9 Å². The minimum atomic E-state index is -0.721. The predicted molar refractivity (Wildman–Crippen MR) is 222 cm³/mol. The lowest BCUT2D eigenvalue weighted by molar-refractivity contribution is 0.161. The monoisotopic (exact) mass is 794 g/mol. The fourth-order valence-corrected chi connectivity index (χ4v) is 6.44. The van der Waals surface area contributed by atoms with E-state index in [-0.39, 0.29) is 18.0 Å². The molecule has 0 saturated carbocycles. The van der Waals surface area contributed by atoms with Crippen molar-refractivity contribution in [1.29, 1.82) is 10.5 Å². The number of carbonyl (C=O) groups is 2. The summed E-state index contributed by atoms with van der Waals surface area (Å²) >= 11 is 4.80. The Hall–Kier alpha value is -6.37. The van der Waals surface area contributed by atoms with Crippen LogP contribution in [0.4, 0.5) is 29.7 Å². The number of aromatic nitrogens is 2. The second-order valence-electron chi connectivity index (χ2n) is 13.0. The van der Waals surface area contributed by atoms with E-state index < -0.39 is 23.2 Å². The summed E-state index contributed by atoms with van der Waals surface area (Å²) in [6, 6.07) is 25.6. The molecule has 13 heteroatoms.